The van der Waals surface area contributed by atoms with Crippen molar-refractivity contribution in [3.63, 3.8) is 0 Å². The Morgan fingerprint density at radius 1 is 0.584 bits per heavy atom. The van der Waals surface area contributed by atoms with Gasteiger partial charge in [0.2, 0.25) is 11.8 Å². The zero-order valence-corrected chi connectivity index (χ0v) is 54.0. The van der Waals surface area contributed by atoms with Gasteiger partial charge in [0, 0.05) is 19.8 Å². The van der Waals surface area contributed by atoms with Crippen LogP contribution in [0.1, 0.15) is 239 Å². The van der Waals surface area contributed by atoms with Gasteiger partial charge in [0.1, 0.15) is 67.1 Å². The third kappa shape index (κ3) is 30.0. The van der Waals surface area contributed by atoms with Gasteiger partial charge in [0.15, 0.2) is 12.6 Å². The molecule has 0 aromatic carbocycles. The van der Waals surface area contributed by atoms with E-state index in [9.17, 15) is 75.7 Å². The molecule has 3 aliphatic rings. The SMILES string of the molecule is CCCCCCCCCCCC/C=C/C(O)C(COC1OC(CO)C(OC2OC(CO)C(O)C(OC3(C(=O)O)CC(O)C(NC(C)=O)C(C(O)C(O)CO)O3)C2O)C(O)C1O)NC(=O)CCCCCCCCC/C=C\CCCCCCCCCCCCCC. The van der Waals surface area contributed by atoms with Crippen molar-refractivity contribution in [2.45, 2.75) is 349 Å². The molecule has 0 radical (unpaired) electrons. The number of allylic oxidation sites excluding steroid dienone is 3. The molecule has 3 fully saturated rings. The van der Waals surface area contributed by atoms with E-state index in [2.05, 4.69) is 36.6 Å². The highest BCUT2D eigenvalue weighted by atomic mass is 16.8. The van der Waals surface area contributed by atoms with Gasteiger partial charge in [0.25, 0.3) is 5.79 Å². The van der Waals surface area contributed by atoms with Crippen LogP contribution < -0.4 is 10.6 Å². The van der Waals surface area contributed by atoms with Crippen LogP contribution in [0.4, 0.5) is 0 Å². The first-order valence-corrected chi connectivity index (χ1v) is 34.2. The highest BCUT2D eigenvalue weighted by Gasteiger charge is 2.60. The summed E-state index contributed by atoms with van der Waals surface area (Å²) in [6.07, 6.45) is 16.7. The molecule has 0 saturated carbocycles. The number of aliphatic hydroxyl groups is 11. The lowest BCUT2D eigenvalue weighted by Gasteiger charge is -2.50. The van der Waals surface area contributed by atoms with E-state index >= 15 is 0 Å². The van der Waals surface area contributed by atoms with E-state index in [1.54, 1.807) is 6.08 Å². The van der Waals surface area contributed by atoms with Gasteiger partial charge in [0.05, 0.1) is 50.7 Å². The quantitative estimate of drug-likeness (QED) is 0.0257. The van der Waals surface area contributed by atoms with Crippen LogP contribution in [0, 0.1) is 0 Å². The summed E-state index contributed by atoms with van der Waals surface area (Å²) in [5.41, 5.74) is 0. The van der Waals surface area contributed by atoms with Crippen LogP contribution in [0.15, 0.2) is 24.3 Å². The van der Waals surface area contributed by atoms with Crippen LogP contribution in [0.5, 0.6) is 0 Å². The van der Waals surface area contributed by atoms with E-state index in [4.69, 9.17) is 28.4 Å². The lowest BCUT2D eigenvalue weighted by atomic mass is 9.88. The lowest BCUT2D eigenvalue weighted by Crippen LogP contribution is -2.70. The fraction of sp³-hybridized carbons (Fsp3) is 0.894. The van der Waals surface area contributed by atoms with Crippen molar-refractivity contribution in [2.75, 3.05) is 26.4 Å². The molecular weight excluding hydrogens is 1160 g/mol. The van der Waals surface area contributed by atoms with E-state index in [-0.39, 0.29) is 12.3 Å². The Balaban J connectivity index is 1.58. The van der Waals surface area contributed by atoms with Crippen LogP contribution in [0.2, 0.25) is 0 Å². The van der Waals surface area contributed by atoms with Crippen molar-refractivity contribution in [2.24, 2.45) is 0 Å². The maximum atomic E-state index is 13.4. The average molecular weight is 1280 g/mol. The number of carboxylic acid groups (broad SMARTS) is 1. The number of hydrogen-bond acceptors (Lipinski definition) is 20. The minimum Gasteiger partial charge on any atom is -0.477 e. The number of rotatable bonds is 51. The summed E-state index contributed by atoms with van der Waals surface area (Å²) in [7, 11) is 0. The van der Waals surface area contributed by atoms with E-state index in [1.165, 1.54) is 122 Å². The smallest absolute Gasteiger partial charge is 0.364 e. The van der Waals surface area contributed by atoms with Crippen molar-refractivity contribution in [3.05, 3.63) is 24.3 Å². The van der Waals surface area contributed by atoms with Crippen molar-refractivity contribution in [3.8, 4) is 0 Å². The second-order valence-electron chi connectivity index (χ2n) is 25.0. The zero-order valence-electron chi connectivity index (χ0n) is 54.0. The standard InChI is InChI=1S/C66H120N2O21/c1-4-6-8-10-12-14-16-18-19-20-21-22-23-24-25-26-27-28-30-32-34-36-38-40-53(76)68-47(48(73)39-37-35-33-31-29-17-15-13-11-9-7-5-2)45-84-63-58(80)57(79)60(52(44-71)86-63)87-64-59(81)62(56(78)51(43-70)85-64)89-66(65(82)83)41-49(74)54(67-46(3)72)61(88-66)55(77)50(75)42-69/h24-25,37,39,47-52,54-64,69-71,73-75,77-81H,4-23,26-36,38,40-45H2,1-3H3,(H,67,72)(H,68,76)(H,82,83)/b25-24-,39-37+. The van der Waals surface area contributed by atoms with Crippen LogP contribution in [-0.2, 0) is 42.8 Å². The fourth-order valence-electron chi connectivity index (χ4n) is 11.9. The van der Waals surface area contributed by atoms with Gasteiger partial charge in [-0.25, -0.2) is 4.79 Å². The number of aliphatic hydroxyl groups excluding tert-OH is 11. The number of carboxylic acids is 1. The molecular formula is C66H120N2O21. The Morgan fingerprint density at radius 3 is 1.53 bits per heavy atom. The predicted molar refractivity (Wildman–Crippen MR) is 334 cm³/mol. The molecule has 2 amide bonds. The summed E-state index contributed by atoms with van der Waals surface area (Å²) in [5, 5.41) is 136. The summed E-state index contributed by atoms with van der Waals surface area (Å²) < 4.78 is 34.7. The molecule has 0 aromatic rings. The second-order valence-corrected chi connectivity index (χ2v) is 25.0. The van der Waals surface area contributed by atoms with Gasteiger partial charge in [-0.2, -0.15) is 0 Å². The first-order chi connectivity index (χ1) is 42.9. The Kier molecular flexibility index (Phi) is 42.6. The maximum absolute atomic E-state index is 13.4. The molecule has 23 nitrogen and oxygen atoms in total. The molecule has 0 bridgehead atoms. The average Bonchev–Trinajstić information content (AvgIpc) is 0.999. The molecule has 3 aliphatic heterocycles. The highest BCUT2D eigenvalue weighted by Crippen LogP contribution is 2.39. The molecule has 14 N–H and O–H groups in total. The number of unbranched alkanes of at least 4 members (excludes halogenated alkanes) is 29. The van der Waals surface area contributed by atoms with Gasteiger partial charge >= 0.3 is 5.97 Å². The van der Waals surface area contributed by atoms with Gasteiger partial charge in [-0.1, -0.05) is 199 Å². The second kappa shape index (κ2) is 47.1. The molecule has 0 spiro atoms. The lowest BCUT2D eigenvalue weighted by molar-refractivity contribution is -0.386. The molecule has 23 heteroatoms. The molecule has 0 aliphatic carbocycles. The van der Waals surface area contributed by atoms with Gasteiger partial charge in [-0.3, -0.25) is 9.59 Å². The Morgan fingerprint density at radius 2 is 1.06 bits per heavy atom. The largest absolute Gasteiger partial charge is 0.477 e. The number of aliphatic carboxylic acids is 1. The number of ether oxygens (including phenoxy) is 6. The van der Waals surface area contributed by atoms with Crippen LogP contribution in [-0.4, -0.2) is 215 Å². The van der Waals surface area contributed by atoms with E-state index in [0.717, 1.165) is 77.6 Å². The molecule has 520 valence electrons. The molecule has 18 atom stereocenters. The topological polar surface area (TPSA) is 373 Å². The monoisotopic (exact) mass is 1280 g/mol. The summed E-state index contributed by atoms with van der Waals surface area (Å²) in [4.78, 5) is 38.5. The van der Waals surface area contributed by atoms with Crippen molar-refractivity contribution >= 4 is 17.8 Å². The van der Waals surface area contributed by atoms with Gasteiger partial charge in [-0.05, 0) is 44.9 Å². The number of carbonyl (C=O) groups excluding carboxylic acids is 2. The summed E-state index contributed by atoms with van der Waals surface area (Å²) in [5.74, 6) is -6.15. The van der Waals surface area contributed by atoms with Crippen molar-refractivity contribution in [1.82, 2.24) is 10.6 Å². The number of hydrogen-bond donors (Lipinski definition) is 14. The summed E-state index contributed by atoms with van der Waals surface area (Å²) >= 11 is 0. The van der Waals surface area contributed by atoms with Crippen molar-refractivity contribution < 1.29 is 104 Å². The molecule has 18 unspecified atom stereocenters. The number of nitrogens with one attached hydrogen (secondary N) is 2. The van der Waals surface area contributed by atoms with E-state index in [1.807, 2.05) is 6.08 Å². The first-order valence-electron chi connectivity index (χ1n) is 34.2. The highest BCUT2D eigenvalue weighted by molar-refractivity contribution is 5.77. The molecule has 0 aromatic heterocycles. The Bertz CT molecular complexity index is 1900. The van der Waals surface area contributed by atoms with Crippen LogP contribution >= 0.6 is 0 Å². The van der Waals surface area contributed by atoms with Gasteiger partial charge in [-0.15, -0.1) is 0 Å². The van der Waals surface area contributed by atoms with E-state index < -0.39 is 155 Å². The first kappa shape index (κ1) is 80.4. The van der Waals surface area contributed by atoms with Crippen LogP contribution in [0.25, 0.3) is 0 Å². The van der Waals surface area contributed by atoms with Crippen LogP contribution in [0.3, 0.4) is 0 Å². The predicted octanol–water partition coefficient (Wildman–Crippen LogP) is 5.67. The molecule has 3 heterocycles. The summed E-state index contributed by atoms with van der Waals surface area (Å²) in [6.45, 7) is 2.11. The van der Waals surface area contributed by atoms with Crippen molar-refractivity contribution in [1.29, 1.82) is 0 Å². The maximum Gasteiger partial charge on any atom is 0.364 e. The Labute approximate surface area is 530 Å². The number of amides is 2. The normalized spacial score (nSPS) is 28.9. The Hall–Kier alpha value is -2.79. The molecule has 3 saturated heterocycles. The molecule has 3 rings (SSSR count). The minimum absolute atomic E-state index is 0.196. The number of carbonyl (C=O) groups is 3. The van der Waals surface area contributed by atoms with Gasteiger partial charge < -0.3 is 100 Å². The third-order valence-electron chi connectivity index (χ3n) is 17.4. The minimum atomic E-state index is -3.08. The summed E-state index contributed by atoms with van der Waals surface area (Å²) in [6, 6.07) is -2.62. The zero-order chi connectivity index (χ0) is 65.4. The van der Waals surface area contributed by atoms with E-state index in [0.29, 0.717) is 12.8 Å². The third-order valence-corrected chi connectivity index (χ3v) is 17.4. The molecule has 89 heavy (non-hydrogen) atoms. The fourth-order valence-corrected chi connectivity index (χ4v) is 11.9.